The number of aliphatic hydroxyl groups is 1. The van der Waals surface area contributed by atoms with Crippen molar-refractivity contribution in [2.45, 2.75) is 25.9 Å². The molecule has 0 aliphatic rings. The first-order valence-electron chi connectivity index (χ1n) is 6.48. The standard InChI is InChI=1S/C15H19NO4/c1-2-11-3-5-12(6-4-11)7-8-14(18)16-10-9-13(17)15(19)20/h3-8,13,17H,2,9-10H2,1H3,(H,16,18)(H,19,20)/b8-7+/t13-/m0/s1. The summed E-state index contributed by atoms with van der Waals surface area (Å²) in [5, 5.41) is 20.0. The zero-order valence-corrected chi connectivity index (χ0v) is 11.4. The van der Waals surface area contributed by atoms with Crippen LogP contribution >= 0.6 is 0 Å². The van der Waals surface area contributed by atoms with E-state index in [1.807, 2.05) is 24.3 Å². The van der Waals surface area contributed by atoms with E-state index in [2.05, 4.69) is 12.2 Å². The predicted octanol–water partition coefficient (Wildman–Crippen LogP) is 1.21. The van der Waals surface area contributed by atoms with Crippen molar-refractivity contribution < 1.29 is 19.8 Å². The lowest BCUT2D eigenvalue weighted by Gasteiger charge is -2.05. The van der Waals surface area contributed by atoms with Gasteiger partial charge in [-0.2, -0.15) is 0 Å². The number of carbonyl (C=O) groups is 2. The number of amides is 1. The SMILES string of the molecule is CCc1ccc(/C=C/C(=O)NCC[C@H](O)C(=O)O)cc1. The van der Waals surface area contributed by atoms with Crippen LogP contribution in [0.5, 0.6) is 0 Å². The summed E-state index contributed by atoms with van der Waals surface area (Å²) in [6.07, 6.45) is 2.58. The minimum absolute atomic E-state index is 0.0138. The topological polar surface area (TPSA) is 86.6 Å². The van der Waals surface area contributed by atoms with E-state index in [0.29, 0.717) is 0 Å². The van der Waals surface area contributed by atoms with Gasteiger partial charge in [0, 0.05) is 19.0 Å². The number of carbonyl (C=O) groups excluding carboxylic acids is 1. The van der Waals surface area contributed by atoms with Crippen LogP contribution in [0.3, 0.4) is 0 Å². The molecule has 20 heavy (non-hydrogen) atoms. The van der Waals surface area contributed by atoms with Crippen molar-refractivity contribution in [1.29, 1.82) is 0 Å². The Morgan fingerprint density at radius 1 is 1.30 bits per heavy atom. The first-order chi connectivity index (χ1) is 9.52. The summed E-state index contributed by atoms with van der Waals surface area (Å²) >= 11 is 0. The van der Waals surface area contributed by atoms with Crippen molar-refractivity contribution in [3.63, 3.8) is 0 Å². The third kappa shape index (κ3) is 5.67. The van der Waals surface area contributed by atoms with E-state index in [1.165, 1.54) is 11.6 Å². The first kappa shape index (κ1) is 15.9. The van der Waals surface area contributed by atoms with Gasteiger partial charge in [0.15, 0.2) is 6.10 Å². The average molecular weight is 277 g/mol. The third-order valence-electron chi connectivity index (χ3n) is 2.82. The normalized spacial score (nSPS) is 12.3. The van der Waals surface area contributed by atoms with Crippen LogP contribution < -0.4 is 5.32 Å². The van der Waals surface area contributed by atoms with Crippen LogP contribution in [0.2, 0.25) is 0 Å². The Morgan fingerprint density at radius 2 is 1.95 bits per heavy atom. The van der Waals surface area contributed by atoms with Crippen molar-refractivity contribution in [3.8, 4) is 0 Å². The van der Waals surface area contributed by atoms with E-state index >= 15 is 0 Å². The fourth-order valence-corrected chi connectivity index (χ4v) is 1.55. The summed E-state index contributed by atoms with van der Waals surface area (Å²) in [5.74, 6) is -1.60. The van der Waals surface area contributed by atoms with Gasteiger partial charge in [-0.05, 0) is 23.6 Å². The van der Waals surface area contributed by atoms with E-state index in [-0.39, 0.29) is 18.9 Å². The summed E-state index contributed by atoms with van der Waals surface area (Å²) < 4.78 is 0. The Bertz CT molecular complexity index is 479. The number of nitrogens with one attached hydrogen (secondary N) is 1. The van der Waals surface area contributed by atoms with Crippen molar-refractivity contribution in [2.24, 2.45) is 0 Å². The fraction of sp³-hybridized carbons (Fsp3) is 0.333. The highest BCUT2D eigenvalue weighted by Gasteiger charge is 2.12. The van der Waals surface area contributed by atoms with Crippen LogP contribution in [-0.2, 0) is 16.0 Å². The van der Waals surface area contributed by atoms with Crippen LogP contribution in [0, 0.1) is 0 Å². The number of aryl methyl sites for hydroxylation is 1. The Balaban J connectivity index is 2.37. The molecule has 1 aromatic carbocycles. The highest BCUT2D eigenvalue weighted by molar-refractivity contribution is 5.91. The molecule has 0 bridgehead atoms. The number of carboxylic acids is 1. The molecule has 3 N–H and O–H groups in total. The predicted molar refractivity (Wildman–Crippen MR) is 76.1 cm³/mol. The van der Waals surface area contributed by atoms with Gasteiger partial charge in [-0.15, -0.1) is 0 Å². The van der Waals surface area contributed by atoms with E-state index in [4.69, 9.17) is 10.2 Å². The molecule has 0 saturated carbocycles. The monoisotopic (exact) mass is 277 g/mol. The van der Waals surface area contributed by atoms with Gasteiger partial charge < -0.3 is 15.5 Å². The molecule has 0 aliphatic heterocycles. The molecular formula is C15H19NO4. The third-order valence-corrected chi connectivity index (χ3v) is 2.82. The average Bonchev–Trinajstić information content (AvgIpc) is 2.45. The van der Waals surface area contributed by atoms with Gasteiger partial charge in [0.05, 0.1) is 0 Å². The molecule has 0 saturated heterocycles. The van der Waals surface area contributed by atoms with Crippen molar-refractivity contribution in [2.75, 3.05) is 6.54 Å². The van der Waals surface area contributed by atoms with Gasteiger partial charge >= 0.3 is 5.97 Å². The quantitative estimate of drug-likeness (QED) is 0.654. The van der Waals surface area contributed by atoms with Crippen molar-refractivity contribution in [1.82, 2.24) is 5.32 Å². The Hall–Kier alpha value is -2.14. The molecule has 1 atom stereocenters. The number of benzene rings is 1. The van der Waals surface area contributed by atoms with Crippen LogP contribution in [0.15, 0.2) is 30.3 Å². The van der Waals surface area contributed by atoms with Crippen molar-refractivity contribution in [3.05, 3.63) is 41.5 Å². The Morgan fingerprint density at radius 3 is 2.50 bits per heavy atom. The first-order valence-corrected chi connectivity index (χ1v) is 6.48. The highest BCUT2D eigenvalue weighted by Crippen LogP contribution is 2.06. The van der Waals surface area contributed by atoms with Gasteiger partial charge in [0.25, 0.3) is 0 Å². The molecule has 0 aromatic heterocycles. The molecule has 1 aromatic rings. The zero-order chi connectivity index (χ0) is 15.0. The van der Waals surface area contributed by atoms with Gasteiger partial charge in [-0.3, -0.25) is 4.79 Å². The molecule has 0 spiro atoms. The molecule has 0 heterocycles. The Kier molecular flexibility index (Phi) is 6.46. The van der Waals surface area contributed by atoms with E-state index in [0.717, 1.165) is 12.0 Å². The highest BCUT2D eigenvalue weighted by atomic mass is 16.4. The minimum Gasteiger partial charge on any atom is -0.479 e. The van der Waals surface area contributed by atoms with Gasteiger partial charge in [0.1, 0.15) is 0 Å². The molecule has 0 unspecified atom stereocenters. The maximum Gasteiger partial charge on any atom is 0.332 e. The number of hydrogen-bond donors (Lipinski definition) is 3. The molecule has 0 aliphatic carbocycles. The molecule has 0 radical (unpaired) electrons. The second kappa shape index (κ2) is 8.12. The van der Waals surface area contributed by atoms with E-state index in [9.17, 15) is 9.59 Å². The molecule has 5 heteroatoms. The molecule has 0 fully saturated rings. The maximum atomic E-state index is 11.5. The Labute approximate surface area is 117 Å². The molecule has 1 amide bonds. The van der Waals surface area contributed by atoms with Crippen LogP contribution in [-0.4, -0.2) is 34.7 Å². The molecule has 5 nitrogen and oxygen atoms in total. The van der Waals surface area contributed by atoms with E-state index in [1.54, 1.807) is 6.08 Å². The van der Waals surface area contributed by atoms with Gasteiger partial charge in [-0.1, -0.05) is 31.2 Å². The van der Waals surface area contributed by atoms with Crippen LogP contribution in [0.25, 0.3) is 6.08 Å². The van der Waals surface area contributed by atoms with Crippen molar-refractivity contribution >= 4 is 18.0 Å². The summed E-state index contributed by atoms with van der Waals surface area (Å²) in [5.41, 5.74) is 2.15. The largest absolute Gasteiger partial charge is 0.479 e. The number of hydrogen-bond acceptors (Lipinski definition) is 3. The minimum atomic E-state index is -1.44. The van der Waals surface area contributed by atoms with Gasteiger partial charge in [0.2, 0.25) is 5.91 Å². The second-order valence-electron chi connectivity index (χ2n) is 4.36. The second-order valence-corrected chi connectivity index (χ2v) is 4.36. The molecular weight excluding hydrogens is 258 g/mol. The summed E-state index contributed by atoms with van der Waals surface area (Å²) in [6.45, 7) is 2.19. The summed E-state index contributed by atoms with van der Waals surface area (Å²) in [6, 6.07) is 7.86. The zero-order valence-electron chi connectivity index (χ0n) is 11.4. The summed E-state index contributed by atoms with van der Waals surface area (Å²) in [7, 11) is 0. The summed E-state index contributed by atoms with van der Waals surface area (Å²) in [4.78, 5) is 21.8. The number of aliphatic hydroxyl groups excluding tert-OH is 1. The van der Waals surface area contributed by atoms with Crippen LogP contribution in [0.4, 0.5) is 0 Å². The van der Waals surface area contributed by atoms with Gasteiger partial charge in [-0.25, -0.2) is 4.79 Å². The molecule has 1 rings (SSSR count). The lowest BCUT2D eigenvalue weighted by atomic mass is 10.1. The van der Waals surface area contributed by atoms with Crippen LogP contribution in [0.1, 0.15) is 24.5 Å². The van der Waals surface area contributed by atoms with E-state index < -0.39 is 12.1 Å². The number of carboxylic acid groups (broad SMARTS) is 1. The molecule has 108 valence electrons. The smallest absolute Gasteiger partial charge is 0.332 e. The lowest BCUT2D eigenvalue weighted by Crippen LogP contribution is -2.28. The maximum absolute atomic E-state index is 11.5. The number of rotatable bonds is 7. The lowest BCUT2D eigenvalue weighted by molar-refractivity contribution is -0.147. The fourth-order valence-electron chi connectivity index (χ4n) is 1.55. The number of aliphatic carboxylic acids is 1.